The van der Waals surface area contributed by atoms with Crippen molar-refractivity contribution in [3.8, 4) is 5.75 Å². The summed E-state index contributed by atoms with van der Waals surface area (Å²) in [4.78, 5) is 24.1. The molecule has 2 aromatic carbocycles. The summed E-state index contributed by atoms with van der Waals surface area (Å²) in [6.45, 7) is 1.25. The van der Waals surface area contributed by atoms with Crippen LogP contribution < -0.4 is 10.1 Å². The fraction of sp³-hybridized carbons (Fsp3) is 0.176. The Labute approximate surface area is 155 Å². The molecule has 0 heterocycles. The summed E-state index contributed by atoms with van der Waals surface area (Å²) in [6.07, 6.45) is -1.31. The highest BCUT2D eigenvalue weighted by molar-refractivity contribution is 9.10. The van der Waals surface area contributed by atoms with Gasteiger partial charge in [0.2, 0.25) is 0 Å². The van der Waals surface area contributed by atoms with Crippen molar-refractivity contribution in [2.45, 2.75) is 13.0 Å². The molecular weight excluding hydrogens is 419 g/mol. The minimum Gasteiger partial charge on any atom is -0.496 e. The predicted octanol–water partition coefficient (Wildman–Crippen LogP) is 4.06. The lowest BCUT2D eigenvalue weighted by atomic mass is 10.2. The summed E-state index contributed by atoms with van der Waals surface area (Å²) < 4.78 is 50.2. The van der Waals surface area contributed by atoms with Gasteiger partial charge in [-0.2, -0.15) is 0 Å². The molecule has 2 aromatic rings. The van der Waals surface area contributed by atoms with Gasteiger partial charge in [0.25, 0.3) is 5.91 Å². The Hall–Kier alpha value is -2.55. The largest absolute Gasteiger partial charge is 0.496 e. The number of amides is 1. The smallest absolute Gasteiger partial charge is 0.338 e. The number of esters is 1. The Balaban J connectivity index is 2.06. The molecular formula is C17H13BrF3NO4. The van der Waals surface area contributed by atoms with E-state index in [0.29, 0.717) is 16.3 Å². The topological polar surface area (TPSA) is 64.6 Å². The van der Waals surface area contributed by atoms with E-state index >= 15 is 0 Å². The van der Waals surface area contributed by atoms with Crippen molar-refractivity contribution >= 4 is 33.5 Å². The third kappa shape index (κ3) is 4.34. The fourth-order valence-corrected chi connectivity index (χ4v) is 2.47. The zero-order valence-electron chi connectivity index (χ0n) is 13.6. The number of rotatable bonds is 5. The lowest BCUT2D eigenvalue weighted by molar-refractivity contribution is -0.123. The summed E-state index contributed by atoms with van der Waals surface area (Å²) in [5, 5.41) is 2.04. The molecule has 0 bridgehead atoms. The number of benzene rings is 2. The minimum atomic E-state index is -1.71. The van der Waals surface area contributed by atoms with Crippen LogP contribution in [-0.4, -0.2) is 25.1 Å². The summed E-state index contributed by atoms with van der Waals surface area (Å²) in [5.74, 6) is -5.85. The quantitative estimate of drug-likeness (QED) is 0.572. The van der Waals surface area contributed by atoms with Gasteiger partial charge in [-0.25, -0.2) is 18.0 Å². The van der Waals surface area contributed by atoms with E-state index in [1.165, 1.54) is 32.2 Å². The molecule has 0 saturated carbocycles. The van der Waals surface area contributed by atoms with Gasteiger partial charge in [-0.1, -0.05) is 0 Å². The molecule has 0 aliphatic heterocycles. The van der Waals surface area contributed by atoms with Crippen LogP contribution in [0.4, 0.5) is 18.9 Å². The van der Waals surface area contributed by atoms with Crippen LogP contribution in [0.2, 0.25) is 0 Å². The standard InChI is InChI=1S/C17H13BrF3NO4/c1-8(16(23)22-12-5-4-11(19)14(20)15(12)21)26-17(24)9-3-6-13(25-2)10(18)7-9/h3-8H,1-2H3,(H,22,23). The second-order valence-corrected chi connectivity index (χ2v) is 5.96. The number of hydrogen-bond donors (Lipinski definition) is 1. The summed E-state index contributed by atoms with van der Waals surface area (Å²) >= 11 is 3.22. The van der Waals surface area contributed by atoms with Gasteiger partial charge in [0.1, 0.15) is 5.75 Å². The van der Waals surface area contributed by atoms with Crippen LogP contribution >= 0.6 is 15.9 Å². The van der Waals surface area contributed by atoms with Gasteiger partial charge in [0.05, 0.1) is 22.8 Å². The van der Waals surface area contributed by atoms with E-state index in [-0.39, 0.29) is 5.56 Å². The molecule has 1 atom stereocenters. The maximum Gasteiger partial charge on any atom is 0.338 e. The van der Waals surface area contributed by atoms with E-state index < -0.39 is 41.1 Å². The van der Waals surface area contributed by atoms with Crippen molar-refractivity contribution in [3.63, 3.8) is 0 Å². The first-order valence-corrected chi connectivity index (χ1v) is 8.02. The van der Waals surface area contributed by atoms with Gasteiger partial charge in [-0.05, 0) is 53.2 Å². The lowest BCUT2D eigenvalue weighted by Gasteiger charge is -2.14. The first-order valence-electron chi connectivity index (χ1n) is 7.23. The first kappa shape index (κ1) is 19.8. The number of carbonyl (C=O) groups excluding carboxylic acids is 2. The molecule has 2 rings (SSSR count). The number of halogens is 4. The van der Waals surface area contributed by atoms with Gasteiger partial charge in [-0.15, -0.1) is 0 Å². The number of methoxy groups -OCH3 is 1. The van der Waals surface area contributed by atoms with Crippen molar-refractivity contribution in [2.24, 2.45) is 0 Å². The van der Waals surface area contributed by atoms with Crippen molar-refractivity contribution in [1.82, 2.24) is 0 Å². The zero-order valence-corrected chi connectivity index (χ0v) is 15.2. The van der Waals surface area contributed by atoms with E-state index in [1.807, 2.05) is 5.32 Å². The monoisotopic (exact) mass is 431 g/mol. The second kappa shape index (κ2) is 8.22. The Bertz CT molecular complexity index is 860. The highest BCUT2D eigenvalue weighted by Gasteiger charge is 2.22. The summed E-state index contributed by atoms with van der Waals surface area (Å²) in [7, 11) is 1.46. The molecule has 0 saturated heterocycles. The second-order valence-electron chi connectivity index (χ2n) is 5.11. The maximum atomic E-state index is 13.6. The van der Waals surface area contributed by atoms with Crippen molar-refractivity contribution in [2.75, 3.05) is 12.4 Å². The van der Waals surface area contributed by atoms with Crippen LogP contribution in [0.25, 0.3) is 0 Å². The van der Waals surface area contributed by atoms with E-state index in [1.54, 1.807) is 0 Å². The van der Waals surface area contributed by atoms with Gasteiger partial charge < -0.3 is 14.8 Å². The van der Waals surface area contributed by atoms with Gasteiger partial charge in [0, 0.05) is 0 Å². The number of carbonyl (C=O) groups is 2. The lowest BCUT2D eigenvalue weighted by Crippen LogP contribution is -2.30. The molecule has 0 fully saturated rings. The molecule has 1 N–H and O–H groups in total. The zero-order chi connectivity index (χ0) is 19.4. The molecule has 0 radical (unpaired) electrons. The Morgan fingerprint density at radius 1 is 1.12 bits per heavy atom. The fourth-order valence-electron chi connectivity index (χ4n) is 1.93. The molecule has 0 aliphatic carbocycles. The van der Waals surface area contributed by atoms with Crippen LogP contribution in [-0.2, 0) is 9.53 Å². The van der Waals surface area contributed by atoms with Crippen LogP contribution in [0.3, 0.4) is 0 Å². The third-order valence-corrected chi connectivity index (χ3v) is 3.95. The highest BCUT2D eigenvalue weighted by Crippen LogP contribution is 2.26. The minimum absolute atomic E-state index is 0.149. The number of hydrogen-bond acceptors (Lipinski definition) is 4. The molecule has 0 aromatic heterocycles. The summed E-state index contributed by atoms with van der Waals surface area (Å²) in [5.41, 5.74) is -0.416. The molecule has 0 aliphatic rings. The molecule has 138 valence electrons. The van der Waals surface area contributed by atoms with Crippen LogP contribution in [0.5, 0.6) is 5.75 Å². The average molecular weight is 432 g/mol. The molecule has 9 heteroatoms. The van der Waals surface area contributed by atoms with Crippen LogP contribution in [0, 0.1) is 17.5 Å². The van der Waals surface area contributed by atoms with E-state index in [4.69, 9.17) is 9.47 Å². The number of ether oxygens (including phenoxy) is 2. The van der Waals surface area contributed by atoms with Crippen molar-refractivity contribution in [3.05, 3.63) is 57.8 Å². The molecule has 1 amide bonds. The van der Waals surface area contributed by atoms with Gasteiger partial charge >= 0.3 is 5.97 Å². The predicted molar refractivity (Wildman–Crippen MR) is 90.5 cm³/mol. The van der Waals surface area contributed by atoms with E-state index in [0.717, 1.165) is 6.07 Å². The number of anilines is 1. The molecule has 26 heavy (non-hydrogen) atoms. The van der Waals surface area contributed by atoms with Crippen molar-refractivity contribution < 1.29 is 32.2 Å². The normalized spacial score (nSPS) is 11.6. The Morgan fingerprint density at radius 2 is 1.81 bits per heavy atom. The Kier molecular flexibility index (Phi) is 6.25. The number of nitrogens with one attached hydrogen (secondary N) is 1. The van der Waals surface area contributed by atoms with Crippen LogP contribution in [0.15, 0.2) is 34.8 Å². The Morgan fingerprint density at radius 3 is 2.42 bits per heavy atom. The molecule has 1 unspecified atom stereocenters. The van der Waals surface area contributed by atoms with Crippen LogP contribution in [0.1, 0.15) is 17.3 Å². The highest BCUT2D eigenvalue weighted by atomic mass is 79.9. The first-order chi connectivity index (χ1) is 12.2. The SMILES string of the molecule is COc1ccc(C(=O)OC(C)C(=O)Nc2ccc(F)c(F)c2F)cc1Br. The molecule has 5 nitrogen and oxygen atoms in total. The molecule has 0 spiro atoms. The van der Waals surface area contributed by atoms with Crippen molar-refractivity contribution in [1.29, 1.82) is 0 Å². The van der Waals surface area contributed by atoms with Gasteiger partial charge in [0.15, 0.2) is 23.6 Å². The average Bonchev–Trinajstić information content (AvgIpc) is 2.61. The third-order valence-electron chi connectivity index (χ3n) is 3.33. The van der Waals surface area contributed by atoms with E-state index in [2.05, 4.69) is 15.9 Å². The van der Waals surface area contributed by atoms with Gasteiger partial charge in [-0.3, -0.25) is 4.79 Å². The maximum absolute atomic E-state index is 13.6. The summed E-state index contributed by atoms with van der Waals surface area (Å²) in [6, 6.07) is 5.94. The van der Waals surface area contributed by atoms with E-state index in [9.17, 15) is 22.8 Å².